The van der Waals surface area contributed by atoms with Crippen LogP contribution in [0, 0.1) is 0 Å². The third kappa shape index (κ3) is 4.22. The summed E-state index contributed by atoms with van der Waals surface area (Å²) < 4.78 is 29.1. The number of ether oxygens (including phenoxy) is 1. The van der Waals surface area contributed by atoms with E-state index in [0.717, 1.165) is 35.0 Å². The van der Waals surface area contributed by atoms with Gasteiger partial charge in [-0.3, -0.25) is 4.57 Å². The van der Waals surface area contributed by atoms with E-state index in [1.807, 2.05) is 48.5 Å². The lowest BCUT2D eigenvalue weighted by Gasteiger charge is -2.23. The largest absolute Gasteiger partial charge is 0.461 e. The van der Waals surface area contributed by atoms with E-state index in [2.05, 4.69) is 4.57 Å². The first-order valence-electron chi connectivity index (χ1n) is 9.47. The first-order valence-corrected chi connectivity index (χ1v) is 10.7. The molecule has 0 bridgehead atoms. The highest BCUT2D eigenvalue weighted by atomic mass is 32.2. The summed E-state index contributed by atoms with van der Waals surface area (Å²) in [4.78, 5) is 4.72. The van der Waals surface area contributed by atoms with Crippen LogP contribution in [0.2, 0.25) is 0 Å². The molecule has 1 fully saturated rings. The van der Waals surface area contributed by atoms with Gasteiger partial charge in [-0.2, -0.15) is 4.98 Å². The van der Waals surface area contributed by atoms with E-state index in [0.29, 0.717) is 12.6 Å². The second-order valence-electron chi connectivity index (χ2n) is 7.08. The van der Waals surface area contributed by atoms with E-state index < -0.39 is 11.1 Å². The minimum Gasteiger partial charge on any atom is -0.461 e. The normalized spacial score (nSPS) is 16.5. The highest BCUT2D eigenvalue weighted by Gasteiger charge is 2.20. The van der Waals surface area contributed by atoms with Crippen LogP contribution in [-0.4, -0.2) is 24.4 Å². The molecule has 1 N–H and O–H groups in total. The van der Waals surface area contributed by atoms with Gasteiger partial charge in [-0.15, -0.1) is 0 Å². The van der Waals surface area contributed by atoms with Crippen molar-refractivity contribution in [1.29, 1.82) is 0 Å². The average Bonchev–Trinajstić information content (AvgIpc) is 3.01. The third-order valence-electron chi connectivity index (χ3n) is 5.17. The van der Waals surface area contributed by atoms with Gasteiger partial charge in [-0.1, -0.05) is 42.8 Å². The molecule has 0 spiro atoms. The lowest BCUT2D eigenvalue weighted by atomic mass is 9.98. The van der Waals surface area contributed by atoms with Crippen LogP contribution in [0.5, 0.6) is 6.01 Å². The topological polar surface area (TPSA) is 64.3 Å². The van der Waals surface area contributed by atoms with Gasteiger partial charge in [0, 0.05) is 0 Å². The SMILES string of the molecule is O=S(O)Cc1ccccc1Cn1c(OC2CCCCC2)nc2ccccc21. The quantitative estimate of drug-likeness (QED) is 0.635. The molecule has 1 unspecified atom stereocenters. The second kappa shape index (κ2) is 8.23. The number of benzene rings is 2. The molecule has 5 nitrogen and oxygen atoms in total. The van der Waals surface area contributed by atoms with Crippen LogP contribution in [-0.2, 0) is 23.4 Å². The Hall–Kier alpha value is -2.18. The van der Waals surface area contributed by atoms with E-state index in [4.69, 9.17) is 9.72 Å². The number of hydrogen-bond acceptors (Lipinski definition) is 3. The van der Waals surface area contributed by atoms with Gasteiger partial charge in [0.1, 0.15) is 6.10 Å². The summed E-state index contributed by atoms with van der Waals surface area (Å²) in [5.41, 5.74) is 3.81. The molecule has 1 saturated carbocycles. The number of fused-ring (bicyclic) bond motifs is 1. The molecule has 1 aliphatic rings. The predicted molar refractivity (Wildman–Crippen MR) is 107 cm³/mol. The summed E-state index contributed by atoms with van der Waals surface area (Å²) in [6, 6.07) is 16.4. The Morgan fingerprint density at radius 1 is 1.04 bits per heavy atom. The van der Waals surface area contributed by atoms with Gasteiger partial charge < -0.3 is 9.29 Å². The van der Waals surface area contributed by atoms with Crippen molar-refractivity contribution in [3.63, 3.8) is 0 Å². The summed E-state index contributed by atoms with van der Waals surface area (Å²) in [5, 5.41) is 0. The van der Waals surface area contributed by atoms with Crippen LogP contribution in [0.25, 0.3) is 11.0 Å². The van der Waals surface area contributed by atoms with Crippen LogP contribution < -0.4 is 4.74 Å². The molecular weight excluding hydrogens is 360 g/mol. The molecule has 1 atom stereocenters. The summed E-state index contributed by atoms with van der Waals surface area (Å²) in [5.74, 6) is 0.127. The van der Waals surface area contributed by atoms with Crippen LogP contribution >= 0.6 is 0 Å². The fraction of sp³-hybridized carbons (Fsp3) is 0.381. The number of nitrogens with zero attached hydrogens (tertiary/aromatic N) is 2. The maximum atomic E-state index is 11.3. The van der Waals surface area contributed by atoms with Crippen molar-refractivity contribution in [2.24, 2.45) is 0 Å². The molecule has 0 radical (unpaired) electrons. The van der Waals surface area contributed by atoms with E-state index in [1.54, 1.807) is 0 Å². The molecule has 3 aromatic rings. The lowest BCUT2D eigenvalue weighted by molar-refractivity contribution is 0.137. The molecule has 0 amide bonds. The Morgan fingerprint density at radius 2 is 1.74 bits per heavy atom. The van der Waals surface area contributed by atoms with E-state index in [-0.39, 0.29) is 11.9 Å². The molecule has 1 aromatic heterocycles. The Balaban J connectivity index is 1.70. The first-order chi connectivity index (χ1) is 13.2. The number of hydrogen-bond donors (Lipinski definition) is 1. The van der Waals surface area contributed by atoms with Crippen molar-refractivity contribution in [2.75, 3.05) is 0 Å². The molecule has 4 rings (SSSR count). The molecule has 142 valence electrons. The first kappa shape index (κ1) is 18.2. The molecule has 2 aromatic carbocycles. The number of para-hydroxylation sites is 2. The summed E-state index contributed by atoms with van der Waals surface area (Å²) in [6.45, 7) is 0.565. The number of rotatable bonds is 6. The van der Waals surface area contributed by atoms with Gasteiger partial charge >= 0.3 is 0 Å². The Morgan fingerprint density at radius 3 is 2.52 bits per heavy atom. The van der Waals surface area contributed by atoms with Gasteiger partial charge in [0.2, 0.25) is 0 Å². The zero-order valence-electron chi connectivity index (χ0n) is 15.2. The standard InChI is InChI=1S/C21H24N2O3S/c24-27(25)15-17-9-5-4-8-16(17)14-23-20-13-7-6-12-19(20)22-21(23)26-18-10-2-1-3-11-18/h4-9,12-13,18H,1-3,10-11,14-15H2,(H,24,25). The Kier molecular flexibility index (Phi) is 5.55. The molecule has 1 heterocycles. The van der Waals surface area contributed by atoms with Crippen molar-refractivity contribution >= 4 is 22.1 Å². The van der Waals surface area contributed by atoms with Crippen LogP contribution in [0.15, 0.2) is 48.5 Å². The van der Waals surface area contributed by atoms with Gasteiger partial charge in [0.25, 0.3) is 6.01 Å². The molecule has 27 heavy (non-hydrogen) atoms. The maximum absolute atomic E-state index is 11.3. The number of imidazole rings is 1. The van der Waals surface area contributed by atoms with Crippen molar-refractivity contribution in [2.45, 2.75) is 50.5 Å². The average molecular weight is 385 g/mol. The zero-order valence-corrected chi connectivity index (χ0v) is 16.0. The highest BCUT2D eigenvalue weighted by molar-refractivity contribution is 7.78. The van der Waals surface area contributed by atoms with Crippen molar-refractivity contribution < 1.29 is 13.5 Å². The highest BCUT2D eigenvalue weighted by Crippen LogP contribution is 2.28. The van der Waals surface area contributed by atoms with Crippen LogP contribution in [0.3, 0.4) is 0 Å². The van der Waals surface area contributed by atoms with Gasteiger partial charge in [0.05, 0.1) is 23.3 Å². The zero-order chi connectivity index (χ0) is 18.6. The summed E-state index contributed by atoms with van der Waals surface area (Å²) in [7, 11) is 0. The lowest BCUT2D eigenvalue weighted by Crippen LogP contribution is -2.21. The van der Waals surface area contributed by atoms with E-state index >= 15 is 0 Å². The minimum absolute atomic E-state index is 0.127. The monoisotopic (exact) mass is 384 g/mol. The minimum atomic E-state index is -1.87. The van der Waals surface area contributed by atoms with Crippen LogP contribution in [0.1, 0.15) is 43.2 Å². The van der Waals surface area contributed by atoms with Crippen molar-refractivity contribution in [3.05, 3.63) is 59.7 Å². The number of aromatic nitrogens is 2. The fourth-order valence-electron chi connectivity index (χ4n) is 3.78. The molecule has 1 aliphatic carbocycles. The van der Waals surface area contributed by atoms with E-state index in [1.165, 1.54) is 19.3 Å². The predicted octanol–water partition coefficient (Wildman–Crippen LogP) is 4.52. The second-order valence-corrected chi connectivity index (χ2v) is 8.01. The van der Waals surface area contributed by atoms with Gasteiger partial charge in [-0.05, 0) is 48.9 Å². The van der Waals surface area contributed by atoms with Crippen LogP contribution in [0.4, 0.5) is 0 Å². The Labute approximate surface area is 161 Å². The summed E-state index contributed by atoms with van der Waals surface area (Å²) in [6.07, 6.45) is 6.05. The Bertz CT molecular complexity index is 948. The smallest absolute Gasteiger partial charge is 0.297 e. The van der Waals surface area contributed by atoms with Gasteiger partial charge in [-0.25, -0.2) is 4.21 Å². The summed E-state index contributed by atoms with van der Waals surface area (Å²) >= 11 is -1.87. The fourth-order valence-corrected chi connectivity index (χ4v) is 4.33. The molecule has 0 saturated heterocycles. The third-order valence-corrected chi connectivity index (χ3v) is 5.73. The van der Waals surface area contributed by atoms with E-state index in [9.17, 15) is 8.76 Å². The maximum Gasteiger partial charge on any atom is 0.297 e. The molecular formula is C21H24N2O3S. The van der Waals surface area contributed by atoms with Crippen molar-refractivity contribution in [1.82, 2.24) is 9.55 Å². The van der Waals surface area contributed by atoms with Crippen molar-refractivity contribution in [3.8, 4) is 6.01 Å². The van der Waals surface area contributed by atoms with Gasteiger partial charge in [0.15, 0.2) is 11.1 Å². The molecule has 6 heteroatoms. The molecule has 0 aliphatic heterocycles.